The van der Waals surface area contributed by atoms with Crippen LogP contribution in [0.3, 0.4) is 0 Å². The van der Waals surface area contributed by atoms with E-state index in [1.807, 2.05) is 45.2 Å². The molecule has 1 heterocycles. The monoisotopic (exact) mass is 281 g/mol. The molecule has 0 unspecified atom stereocenters. The number of nitrogens with zero attached hydrogens (tertiary/aromatic N) is 1. The number of pyridine rings is 1. The molecular weight excluding hydrogens is 262 g/mol. The van der Waals surface area contributed by atoms with E-state index in [1.165, 1.54) is 11.6 Å². The van der Waals surface area contributed by atoms with Gasteiger partial charge in [0.05, 0.1) is 11.4 Å². The van der Waals surface area contributed by atoms with Gasteiger partial charge in [-0.25, -0.2) is 0 Å². The van der Waals surface area contributed by atoms with Gasteiger partial charge in [0.15, 0.2) is 0 Å². The number of amides is 1. The second-order valence-electron chi connectivity index (χ2n) is 4.84. The van der Waals surface area contributed by atoms with Crippen molar-refractivity contribution < 1.29 is 4.79 Å². The summed E-state index contributed by atoms with van der Waals surface area (Å²) in [6.07, 6.45) is 6.65. The third-order valence-electron chi connectivity index (χ3n) is 3.27. The predicted molar refractivity (Wildman–Crippen MR) is 87.4 cm³/mol. The van der Waals surface area contributed by atoms with Crippen LogP contribution in [0.15, 0.2) is 42.7 Å². The largest absolute Gasteiger partial charge is 0.386 e. The molecule has 0 saturated carbocycles. The second kappa shape index (κ2) is 6.70. The minimum atomic E-state index is -0.168. The Morgan fingerprint density at radius 1 is 1.19 bits per heavy atom. The second-order valence-corrected chi connectivity index (χ2v) is 4.84. The smallest absolute Gasteiger partial charge is 0.248 e. The maximum Gasteiger partial charge on any atom is 0.248 e. The topological polar surface area (TPSA) is 54.0 Å². The summed E-state index contributed by atoms with van der Waals surface area (Å²) in [5.41, 5.74) is 4.90. The molecule has 1 amide bonds. The van der Waals surface area contributed by atoms with E-state index in [0.29, 0.717) is 0 Å². The summed E-state index contributed by atoms with van der Waals surface area (Å²) in [7, 11) is 1.84. The molecule has 0 aliphatic carbocycles. The lowest BCUT2D eigenvalue weighted by Gasteiger charge is -2.12. The van der Waals surface area contributed by atoms with Gasteiger partial charge in [0, 0.05) is 25.5 Å². The first-order valence-electron chi connectivity index (χ1n) is 6.78. The number of carbonyl (C=O) groups excluding carboxylic acids is 1. The zero-order chi connectivity index (χ0) is 15.2. The van der Waals surface area contributed by atoms with Crippen LogP contribution in [-0.2, 0) is 4.79 Å². The summed E-state index contributed by atoms with van der Waals surface area (Å²) in [6, 6.07) is 7.72. The van der Waals surface area contributed by atoms with Gasteiger partial charge in [-0.1, -0.05) is 6.07 Å². The summed E-state index contributed by atoms with van der Waals surface area (Å²) in [4.78, 5) is 16.0. The third-order valence-corrected chi connectivity index (χ3v) is 3.27. The highest BCUT2D eigenvalue weighted by Crippen LogP contribution is 2.25. The van der Waals surface area contributed by atoms with E-state index in [0.717, 1.165) is 22.5 Å². The third kappa shape index (κ3) is 3.92. The summed E-state index contributed by atoms with van der Waals surface area (Å²) in [5, 5.41) is 5.99. The van der Waals surface area contributed by atoms with E-state index in [1.54, 1.807) is 18.5 Å². The number of carbonyl (C=O) groups is 1. The van der Waals surface area contributed by atoms with Crippen LogP contribution < -0.4 is 10.6 Å². The zero-order valence-electron chi connectivity index (χ0n) is 12.5. The number of aromatic nitrogens is 1. The van der Waals surface area contributed by atoms with Gasteiger partial charge in [0.25, 0.3) is 0 Å². The number of hydrogen-bond donors (Lipinski definition) is 2. The van der Waals surface area contributed by atoms with Crippen LogP contribution >= 0.6 is 0 Å². The molecule has 0 aliphatic rings. The van der Waals surface area contributed by atoms with Gasteiger partial charge in [-0.15, -0.1) is 0 Å². The maximum absolute atomic E-state index is 12.0. The Morgan fingerprint density at radius 3 is 2.52 bits per heavy atom. The molecule has 0 aliphatic heterocycles. The van der Waals surface area contributed by atoms with Gasteiger partial charge in [0.2, 0.25) is 5.91 Å². The van der Waals surface area contributed by atoms with Crippen LogP contribution in [0.5, 0.6) is 0 Å². The lowest BCUT2D eigenvalue weighted by atomic mass is 10.1. The van der Waals surface area contributed by atoms with Crippen LogP contribution in [0.1, 0.15) is 16.7 Å². The van der Waals surface area contributed by atoms with Crippen LogP contribution in [-0.4, -0.2) is 17.9 Å². The van der Waals surface area contributed by atoms with Crippen LogP contribution in [0, 0.1) is 13.8 Å². The van der Waals surface area contributed by atoms with Gasteiger partial charge >= 0.3 is 0 Å². The minimum absolute atomic E-state index is 0.168. The fourth-order valence-electron chi connectivity index (χ4n) is 1.95. The molecule has 2 aromatic rings. The Bertz CT molecular complexity index is 663. The summed E-state index contributed by atoms with van der Waals surface area (Å²) in [6.45, 7) is 4.07. The minimum Gasteiger partial charge on any atom is -0.386 e. The van der Waals surface area contributed by atoms with Crippen LogP contribution in [0.25, 0.3) is 6.08 Å². The van der Waals surface area contributed by atoms with Gasteiger partial charge < -0.3 is 10.6 Å². The number of hydrogen-bond acceptors (Lipinski definition) is 3. The highest BCUT2D eigenvalue weighted by atomic mass is 16.1. The van der Waals surface area contributed by atoms with Crippen molar-refractivity contribution in [2.75, 3.05) is 17.7 Å². The maximum atomic E-state index is 12.0. The van der Waals surface area contributed by atoms with Gasteiger partial charge in [-0.2, -0.15) is 0 Å². The number of anilines is 2. The van der Waals surface area contributed by atoms with E-state index >= 15 is 0 Å². The number of rotatable bonds is 4. The molecule has 4 nitrogen and oxygen atoms in total. The summed E-state index contributed by atoms with van der Waals surface area (Å²) >= 11 is 0. The molecule has 1 aromatic carbocycles. The van der Waals surface area contributed by atoms with Crippen molar-refractivity contribution in [2.24, 2.45) is 0 Å². The van der Waals surface area contributed by atoms with E-state index in [9.17, 15) is 4.79 Å². The van der Waals surface area contributed by atoms with Crippen LogP contribution in [0.2, 0.25) is 0 Å². The molecule has 0 atom stereocenters. The SMILES string of the molecule is CNc1cc(C)c(C)cc1NC(=O)/C=C/c1cccnc1. The van der Waals surface area contributed by atoms with E-state index in [-0.39, 0.29) is 5.91 Å². The lowest BCUT2D eigenvalue weighted by molar-refractivity contribution is -0.111. The standard InChI is InChI=1S/C17H19N3O/c1-12-9-15(18-3)16(10-13(12)2)20-17(21)7-6-14-5-4-8-19-11-14/h4-11,18H,1-3H3,(H,20,21)/b7-6+. The van der Waals surface area contributed by atoms with Crippen molar-refractivity contribution in [3.63, 3.8) is 0 Å². The first kappa shape index (κ1) is 14.8. The molecule has 1 aromatic heterocycles. The van der Waals surface area contributed by atoms with Crippen molar-refractivity contribution in [2.45, 2.75) is 13.8 Å². The molecule has 0 spiro atoms. The molecule has 21 heavy (non-hydrogen) atoms. The Labute approximate surface area is 124 Å². The van der Waals surface area contributed by atoms with Gasteiger partial charge in [-0.3, -0.25) is 9.78 Å². The molecule has 108 valence electrons. The number of aryl methyl sites for hydroxylation is 2. The number of nitrogens with one attached hydrogen (secondary N) is 2. The Morgan fingerprint density at radius 2 is 1.90 bits per heavy atom. The van der Waals surface area contributed by atoms with Crippen molar-refractivity contribution in [1.29, 1.82) is 0 Å². The first-order valence-corrected chi connectivity index (χ1v) is 6.78. The van der Waals surface area contributed by atoms with E-state index < -0.39 is 0 Å². The molecule has 0 bridgehead atoms. The van der Waals surface area contributed by atoms with Crippen molar-refractivity contribution in [3.8, 4) is 0 Å². The zero-order valence-corrected chi connectivity index (χ0v) is 12.5. The fourth-order valence-corrected chi connectivity index (χ4v) is 1.95. The highest BCUT2D eigenvalue weighted by molar-refractivity contribution is 6.03. The highest BCUT2D eigenvalue weighted by Gasteiger charge is 2.06. The van der Waals surface area contributed by atoms with Crippen molar-refractivity contribution >= 4 is 23.4 Å². The molecule has 0 fully saturated rings. The van der Waals surface area contributed by atoms with Crippen molar-refractivity contribution in [1.82, 2.24) is 4.98 Å². The Balaban J connectivity index is 2.13. The summed E-state index contributed by atoms with van der Waals surface area (Å²) < 4.78 is 0. The van der Waals surface area contributed by atoms with E-state index in [2.05, 4.69) is 15.6 Å². The molecule has 4 heteroatoms. The molecule has 2 N–H and O–H groups in total. The molecule has 2 rings (SSSR count). The van der Waals surface area contributed by atoms with Crippen LogP contribution in [0.4, 0.5) is 11.4 Å². The van der Waals surface area contributed by atoms with E-state index in [4.69, 9.17) is 0 Å². The average molecular weight is 281 g/mol. The van der Waals surface area contributed by atoms with Gasteiger partial charge in [0.1, 0.15) is 0 Å². The first-order chi connectivity index (χ1) is 10.1. The fraction of sp³-hybridized carbons (Fsp3) is 0.176. The predicted octanol–water partition coefficient (Wildman–Crippen LogP) is 3.39. The van der Waals surface area contributed by atoms with Crippen molar-refractivity contribution in [3.05, 3.63) is 59.4 Å². The Hall–Kier alpha value is -2.62. The average Bonchev–Trinajstić information content (AvgIpc) is 2.49. The van der Waals surface area contributed by atoms with Gasteiger partial charge in [-0.05, 0) is 54.8 Å². The quantitative estimate of drug-likeness (QED) is 0.845. The summed E-state index contributed by atoms with van der Waals surface area (Å²) in [5.74, 6) is -0.168. The molecule has 0 saturated heterocycles. The Kier molecular flexibility index (Phi) is 4.72. The normalized spacial score (nSPS) is 10.6. The number of benzene rings is 1. The molecule has 0 radical (unpaired) electrons. The lowest BCUT2D eigenvalue weighted by Crippen LogP contribution is -2.10. The molecular formula is C17H19N3O.